The lowest BCUT2D eigenvalue weighted by molar-refractivity contribution is 0.299. The van der Waals surface area contributed by atoms with E-state index >= 15 is 0 Å². The standard InChI is InChI=1S/C46H39N3/c1-44(2)37-25-31(43-48-41(29-16-9-7-10-17-29)47-42(49-43)30-18-11-8-12-19-30)21-23-33(37)34-26-39-35(27-38(34)44)40-32-20-14-13-15-28(32)22-24-36(40)45(3,4)46(39,5)6/h7-27H,1-6H3. The Morgan fingerprint density at radius 2 is 0.918 bits per heavy atom. The summed E-state index contributed by atoms with van der Waals surface area (Å²) < 4.78 is 0. The van der Waals surface area contributed by atoms with Crippen LogP contribution in [-0.4, -0.2) is 15.0 Å². The van der Waals surface area contributed by atoms with Crippen LogP contribution in [0.5, 0.6) is 0 Å². The molecule has 0 saturated heterocycles. The van der Waals surface area contributed by atoms with Gasteiger partial charge in [0.15, 0.2) is 17.5 Å². The maximum atomic E-state index is 5.05. The van der Waals surface area contributed by atoms with E-state index in [1.807, 2.05) is 36.4 Å². The minimum atomic E-state index is -0.213. The highest BCUT2D eigenvalue weighted by Gasteiger charge is 2.48. The van der Waals surface area contributed by atoms with Gasteiger partial charge < -0.3 is 0 Å². The van der Waals surface area contributed by atoms with E-state index in [1.54, 1.807) is 0 Å². The number of hydrogen-bond acceptors (Lipinski definition) is 3. The quantitative estimate of drug-likeness (QED) is 0.194. The van der Waals surface area contributed by atoms with Gasteiger partial charge in [-0.3, -0.25) is 0 Å². The van der Waals surface area contributed by atoms with E-state index in [9.17, 15) is 0 Å². The monoisotopic (exact) mass is 633 g/mol. The van der Waals surface area contributed by atoms with Gasteiger partial charge in [0.05, 0.1) is 0 Å². The predicted molar refractivity (Wildman–Crippen MR) is 203 cm³/mol. The Kier molecular flexibility index (Phi) is 6.24. The molecule has 0 amide bonds. The van der Waals surface area contributed by atoms with Crippen molar-refractivity contribution in [2.45, 2.75) is 57.8 Å². The average molecular weight is 634 g/mol. The molecule has 2 aliphatic carbocycles. The Labute approximate surface area is 288 Å². The van der Waals surface area contributed by atoms with Gasteiger partial charge in [0.1, 0.15) is 0 Å². The fourth-order valence-electron chi connectivity index (χ4n) is 8.34. The van der Waals surface area contributed by atoms with E-state index in [1.165, 1.54) is 55.3 Å². The minimum Gasteiger partial charge on any atom is -0.208 e. The summed E-state index contributed by atoms with van der Waals surface area (Å²) in [6, 6.07) is 45.8. The average Bonchev–Trinajstić information content (AvgIpc) is 3.35. The lowest BCUT2D eigenvalue weighted by Gasteiger charge is -2.49. The number of nitrogens with zero attached hydrogens (tertiary/aromatic N) is 3. The summed E-state index contributed by atoms with van der Waals surface area (Å²) >= 11 is 0. The second-order valence-corrected chi connectivity index (χ2v) is 15.3. The Balaban J connectivity index is 1.24. The molecule has 3 nitrogen and oxygen atoms in total. The van der Waals surface area contributed by atoms with Crippen molar-refractivity contribution in [1.82, 2.24) is 15.0 Å². The smallest absolute Gasteiger partial charge is 0.164 e. The SMILES string of the molecule is CC1(C)c2cc(-c3nc(-c4ccccc4)nc(-c4ccccc4)n3)ccc2-c2cc3c(cc21)-c1c(ccc2ccccc12)C(C)(C)C3(C)C. The molecular weight excluding hydrogens is 595 g/mol. The largest absolute Gasteiger partial charge is 0.208 e. The van der Waals surface area contributed by atoms with Crippen molar-refractivity contribution in [3.05, 3.63) is 150 Å². The maximum absolute atomic E-state index is 5.05. The van der Waals surface area contributed by atoms with E-state index < -0.39 is 0 Å². The molecule has 238 valence electrons. The van der Waals surface area contributed by atoms with Crippen LogP contribution in [0.2, 0.25) is 0 Å². The molecule has 3 heteroatoms. The summed E-state index contributed by atoms with van der Waals surface area (Å²) in [7, 11) is 0. The summed E-state index contributed by atoms with van der Waals surface area (Å²) in [4.78, 5) is 15.0. The van der Waals surface area contributed by atoms with E-state index in [2.05, 4.69) is 133 Å². The first-order valence-electron chi connectivity index (χ1n) is 17.3. The lowest BCUT2D eigenvalue weighted by Crippen LogP contribution is -2.43. The highest BCUT2D eigenvalue weighted by atomic mass is 15.0. The van der Waals surface area contributed by atoms with Gasteiger partial charge in [-0.15, -0.1) is 0 Å². The zero-order chi connectivity index (χ0) is 33.7. The van der Waals surface area contributed by atoms with Crippen molar-refractivity contribution >= 4 is 10.8 Å². The molecule has 0 bridgehead atoms. The van der Waals surface area contributed by atoms with Crippen molar-refractivity contribution < 1.29 is 0 Å². The minimum absolute atomic E-state index is 0.0555. The summed E-state index contributed by atoms with van der Waals surface area (Å²) in [6.45, 7) is 14.4. The van der Waals surface area contributed by atoms with Gasteiger partial charge >= 0.3 is 0 Å². The molecule has 1 heterocycles. The topological polar surface area (TPSA) is 38.7 Å². The van der Waals surface area contributed by atoms with Crippen molar-refractivity contribution in [1.29, 1.82) is 0 Å². The Bertz CT molecular complexity index is 2400. The van der Waals surface area contributed by atoms with Gasteiger partial charge in [-0.2, -0.15) is 0 Å². The highest BCUT2D eigenvalue weighted by Crippen LogP contribution is 2.59. The second kappa shape index (κ2) is 10.3. The van der Waals surface area contributed by atoms with Crippen molar-refractivity contribution in [3.8, 4) is 56.4 Å². The van der Waals surface area contributed by atoms with E-state index in [-0.39, 0.29) is 16.2 Å². The van der Waals surface area contributed by atoms with E-state index in [4.69, 9.17) is 15.0 Å². The third kappa shape index (κ3) is 4.24. The Morgan fingerprint density at radius 3 is 1.57 bits per heavy atom. The first kappa shape index (κ1) is 29.7. The van der Waals surface area contributed by atoms with E-state index in [0.29, 0.717) is 17.5 Å². The zero-order valence-electron chi connectivity index (χ0n) is 29.0. The first-order chi connectivity index (χ1) is 23.6. The van der Waals surface area contributed by atoms with Crippen LogP contribution in [0.15, 0.2) is 127 Å². The molecule has 0 radical (unpaired) electrons. The first-order valence-corrected chi connectivity index (χ1v) is 17.3. The molecule has 49 heavy (non-hydrogen) atoms. The van der Waals surface area contributed by atoms with Crippen LogP contribution in [0.1, 0.15) is 63.8 Å². The number of benzene rings is 6. The number of hydrogen-bond donors (Lipinski definition) is 0. The van der Waals surface area contributed by atoms with E-state index in [0.717, 1.165) is 16.7 Å². The van der Waals surface area contributed by atoms with Gasteiger partial charge in [-0.1, -0.05) is 151 Å². The Hall–Kier alpha value is -5.41. The molecule has 1 aromatic heterocycles. The van der Waals surface area contributed by atoms with Gasteiger partial charge in [0.25, 0.3) is 0 Å². The fourth-order valence-corrected chi connectivity index (χ4v) is 8.34. The van der Waals surface area contributed by atoms with Crippen LogP contribution in [-0.2, 0) is 16.2 Å². The van der Waals surface area contributed by atoms with Gasteiger partial charge in [0.2, 0.25) is 0 Å². The third-order valence-corrected chi connectivity index (χ3v) is 11.9. The number of aromatic nitrogens is 3. The summed E-state index contributed by atoms with van der Waals surface area (Å²) in [5.74, 6) is 2.04. The van der Waals surface area contributed by atoms with Crippen LogP contribution >= 0.6 is 0 Å². The van der Waals surface area contributed by atoms with Crippen molar-refractivity contribution in [2.75, 3.05) is 0 Å². The summed E-state index contributed by atoms with van der Waals surface area (Å²) in [5, 5.41) is 2.62. The van der Waals surface area contributed by atoms with Crippen LogP contribution in [0.4, 0.5) is 0 Å². The molecule has 0 atom stereocenters. The molecule has 0 unspecified atom stereocenters. The molecule has 0 fully saturated rings. The molecular formula is C46H39N3. The molecule has 7 aromatic rings. The number of rotatable bonds is 3. The Morgan fingerprint density at radius 1 is 0.388 bits per heavy atom. The predicted octanol–water partition coefficient (Wildman–Crippen LogP) is 11.6. The molecule has 6 aromatic carbocycles. The molecule has 0 spiro atoms. The van der Waals surface area contributed by atoms with Crippen LogP contribution in [0.3, 0.4) is 0 Å². The van der Waals surface area contributed by atoms with Gasteiger partial charge in [0, 0.05) is 22.1 Å². The van der Waals surface area contributed by atoms with Crippen LogP contribution in [0, 0.1) is 0 Å². The molecule has 0 N–H and O–H groups in total. The highest BCUT2D eigenvalue weighted by molar-refractivity contribution is 6.02. The van der Waals surface area contributed by atoms with Crippen LogP contribution < -0.4 is 0 Å². The molecule has 0 saturated carbocycles. The number of fused-ring (bicyclic) bond motifs is 8. The maximum Gasteiger partial charge on any atom is 0.164 e. The molecule has 2 aliphatic rings. The van der Waals surface area contributed by atoms with Gasteiger partial charge in [-0.25, -0.2) is 15.0 Å². The lowest BCUT2D eigenvalue weighted by atomic mass is 9.54. The van der Waals surface area contributed by atoms with Crippen molar-refractivity contribution in [2.24, 2.45) is 0 Å². The summed E-state index contributed by atoms with van der Waals surface area (Å²) in [6.07, 6.45) is 0. The normalized spacial score (nSPS) is 16.0. The second-order valence-electron chi connectivity index (χ2n) is 15.3. The van der Waals surface area contributed by atoms with Crippen LogP contribution in [0.25, 0.3) is 67.2 Å². The fraction of sp³-hybridized carbons (Fsp3) is 0.196. The molecule has 0 aliphatic heterocycles. The molecule has 9 rings (SSSR count). The zero-order valence-corrected chi connectivity index (χ0v) is 29.0. The van der Waals surface area contributed by atoms with Crippen molar-refractivity contribution in [3.63, 3.8) is 0 Å². The third-order valence-electron chi connectivity index (χ3n) is 11.9. The van der Waals surface area contributed by atoms with Gasteiger partial charge in [-0.05, 0) is 84.3 Å². The summed E-state index contributed by atoms with van der Waals surface area (Å²) in [5.41, 5.74) is 13.5.